The van der Waals surface area contributed by atoms with E-state index in [1.807, 2.05) is 22.6 Å². The first-order valence-corrected chi connectivity index (χ1v) is 7.14. The molecule has 1 aromatic rings. The van der Waals surface area contributed by atoms with Gasteiger partial charge in [-0.05, 0) is 34.7 Å². The highest BCUT2D eigenvalue weighted by Crippen LogP contribution is 2.25. The van der Waals surface area contributed by atoms with E-state index < -0.39 is 23.5 Å². The van der Waals surface area contributed by atoms with Crippen molar-refractivity contribution in [3.8, 4) is 6.07 Å². The van der Waals surface area contributed by atoms with Crippen LogP contribution in [0.5, 0.6) is 0 Å². The Labute approximate surface area is 139 Å². The molecule has 0 aromatic heterocycles. The Morgan fingerprint density at radius 3 is 2.45 bits per heavy atom. The lowest BCUT2D eigenvalue weighted by molar-refractivity contribution is -0.222. The van der Waals surface area contributed by atoms with Gasteiger partial charge in [-0.1, -0.05) is 0 Å². The Hall–Kier alpha value is -2.15. The molecule has 1 fully saturated rings. The van der Waals surface area contributed by atoms with Crippen molar-refractivity contribution in [2.24, 2.45) is 0 Å². The summed E-state index contributed by atoms with van der Waals surface area (Å²) in [7, 11) is 0. The van der Waals surface area contributed by atoms with Gasteiger partial charge in [-0.25, -0.2) is 14.0 Å². The van der Waals surface area contributed by atoms with Gasteiger partial charge >= 0.3 is 11.9 Å². The number of ether oxygens (including phenoxy) is 2. The molecule has 0 amide bonds. The van der Waals surface area contributed by atoms with E-state index in [0.29, 0.717) is 9.26 Å². The van der Waals surface area contributed by atoms with Crippen molar-refractivity contribution in [2.45, 2.75) is 19.6 Å². The summed E-state index contributed by atoms with van der Waals surface area (Å²) < 4.78 is 24.0. The second-order valence-electron chi connectivity index (χ2n) is 4.80. The van der Waals surface area contributed by atoms with Crippen LogP contribution < -0.4 is 5.32 Å². The molecular weight excluding hydrogens is 406 g/mol. The molecule has 0 bridgehead atoms. The van der Waals surface area contributed by atoms with E-state index in [4.69, 9.17) is 14.7 Å². The minimum atomic E-state index is -1.32. The van der Waals surface area contributed by atoms with E-state index in [0.717, 1.165) is 12.3 Å². The van der Waals surface area contributed by atoms with E-state index in [2.05, 4.69) is 5.32 Å². The second kappa shape index (κ2) is 5.92. The van der Waals surface area contributed by atoms with Gasteiger partial charge in [0, 0.05) is 23.6 Å². The predicted molar refractivity (Wildman–Crippen MR) is 81.8 cm³/mol. The minimum Gasteiger partial charge on any atom is -0.419 e. The van der Waals surface area contributed by atoms with Gasteiger partial charge in [-0.15, -0.1) is 0 Å². The number of nitrogens with zero attached hydrogens (tertiary/aromatic N) is 1. The van der Waals surface area contributed by atoms with Crippen molar-refractivity contribution in [3.05, 3.63) is 38.9 Å². The first kappa shape index (κ1) is 16.2. The van der Waals surface area contributed by atoms with Crippen LogP contribution in [-0.2, 0) is 19.1 Å². The van der Waals surface area contributed by atoms with Crippen LogP contribution in [0, 0.1) is 20.7 Å². The fourth-order valence-electron chi connectivity index (χ4n) is 1.67. The molecule has 2 rings (SSSR count). The number of esters is 2. The van der Waals surface area contributed by atoms with Crippen molar-refractivity contribution >= 4 is 40.2 Å². The number of benzene rings is 1. The molecule has 1 aliphatic heterocycles. The van der Waals surface area contributed by atoms with Crippen molar-refractivity contribution < 1.29 is 23.5 Å². The van der Waals surface area contributed by atoms with Crippen LogP contribution in [0.4, 0.5) is 10.1 Å². The molecule has 0 atom stereocenters. The molecule has 22 heavy (non-hydrogen) atoms. The van der Waals surface area contributed by atoms with Gasteiger partial charge in [0.2, 0.25) is 0 Å². The van der Waals surface area contributed by atoms with Gasteiger partial charge in [-0.3, -0.25) is 0 Å². The topological polar surface area (TPSA) is 88.4 Å². The Morgan fingerprint density at radius 1 is 1.32 bits per heavy atom. The fraction of sp³-hybridized carbons (Fsp3) is 0.214. The predicted octanol–water partition coefficient (Wildman–Crippen LogP) is 2.43. The zero-order valence-corrected chi connectivity index (χ0v) is 13.7. The molecule has 0 unspecified atom stereocenters. The average Bonchev–Trinajstić information content (AvgIpc) is 2.39. The van der Waals surface area contributed by atoms with E-state index in [1.165, 1.54) is 19.9 Å². The zero-order chi connectivity index (χ0) is 16.5. The summed E-state index contributed by atoms with van der Waals surface area (Å²) in [6.45, 7) is 2.87. The average molecular weight is 416 g/mol. The Kier molecular flexibility index (Phi) is 4.37. The number of nitriles is 1. The van der Waals surface area contributed by atoms with Gasteiger partial charge in [0.1, 0.15) is 11.9 Å². The number of carbonyl (C=O) groups is 2. The van der Waals surface area contributed by atoms with Crippen LogP contribution in [0.1, 0.15) is 19.4 Å². The molecule has 1 aromatic carbocycles. The van der Waals surface area contributed by atoms with Gasteiger partial charge < -0.3 is 14.8 Å². The van der Waals surface area contributed by atoms with Crippen LogP contribution in [0.25, 0.3) is 0 Å². The summed E-state index contributed by atoms with van der Waals surface area (Å²) in [4.78, 5) is 23.5. The SMILES string of the molecule is CC1(C)OC(=O)C(=CNc2cc(F)c(C#N)cc2I)C(=O)O1. The fourth-order valence-corrected chi connectivity index (χ4v) is 2.29. The number of nitrogens with one attached hydrogen (secondary N) is 1. The highest BCUT2D eigenvalue weighted by molar-refractivity contribution is 14.1. The van der Waals surface area contributed by atoms with E-state index in [9.17, 15) is 14.0 Å². The minimum absolute atomic E-state index is 0.0964. The summed E-state index contributed by atoms with van der Waals surface area (Å²) in [5.41, 5.74) is -0.129. The second-order valence-corrected chi connectivity index (χ2v) is 5.97. The van der Waals surface area contributed by atoms with Crippen molar-refractivity contribution in [2.75, 3.05) is 5.32 Å². The van der Waals surface area contributed by atoms with Crippen LogP contribution in [0.15, 0.2) is 23.9 Å². The lowest BCUT2D eigenvalue weighted by Gasteiger charge is -2.29. The van der Waals surface area contributed by atoms with Crippen molar-refractivity contribution in [3.63, 3.8) is 0 Å². The van der Waals surface area contributed by atoms with Crippen LogP contribution >= 0.6 is 22.6 Å². The quantitative estimate of drug-likeness (QED) is 0.345. The number of carbonyl (C=O) groups excluding carboxylic acids is 2. The lowest BCUT2D eigenvalue weighted by atomic mass is 10.2. The summed E-state index contributed by atoms with van der Waals surface area (Å²) in [5, 5.41) is 11.4. The smallest absolute Gasteiger partial charge is 0.350 e. The third-order valence-corrected chi connectivity index (χ3v) is 3.56. The van der Waals surface area contributed by atoms with Gasteiger partial charge in [0.05, 0.1) is 11.3 Å². The molecular formula is C14H10FIN2O4. The summed E-state index contributed by atoms with van der Waals surface area (Å²) in [5.74, 6) is -3.70. The highest BCUT2D eigenvalue weighted by Gasteiger charge is 2.38. The lowest BCUT2D eigenvalue weighted by Crippen LogP contribution is -2.42. The van der Waals surface area contributed by atoms with E-state index in [1.54, 1.807) is 6.07 Å². The van der Waals surface area contributed by atoms with Gasteiger partial charge in [-0.2, -0.15) is 5.26 Å². The molecule has 8 heteroatoms. The summed E-state index contributed by atoms with van der Waals surface area (Å²) in [6, 6.07) is 4.16. The zero-order valence-electron chi connectivity index (χ0n) is 11.6. The third kappa shape index (κ3) is 3.36. The molecule has 0 saturated carbocycles. The van der Waals surface area contributed by atoms with Crippen LogP contribution in [0.3, 0.4) is 0 Å². The molecule has 1 N–H and O–H groups in total. The Bertz CT molecular complexity index is 715. The monoisotopic (exact) mass is 416 g/mol. The molecule has 0 radical (unpaired) electrons. The van der Waals surface area contributed by atoms with Gasteiger partial charge in [0.15, 0.2) is 5.57 Å². The molecule has 0 spiro atoms. The normalized spacial score (nSPS) is 16.4. The summed E-state index contributed by atoms with van der Waals surface area (Å²) >= 11 is 1.89. The molecule has 1 heterocycles. The van der Waals surface area contributed by atoms with E-state index in [-0.39, 0.29) is 11.1 Å². The Balaban J connectivity index is 2.26. The van der Waals surface area contributed by atoms with Gasteiger partial charge in [0.25, 0.3) is 5.79 Å². The number of anilines is 1. The molecule has 6 nitrogen and oxygen atoms in total. The first-order valence-electron chi connectivity index (χ1n) is 6.06. The molecule has 0 aliphatic carbocycles. The van der Waals surface area contributed by atoms with E-state index >= 15 is 0 Å². The van der Waals surface area contributed by atoms with Crippen LogP contribution in [0.2, 0.25) is 0 Å². The third-order valence-electron chi connectivity index (χ3n) is 2.67. The first-order chi connectivity index (χ1) is 10.2. The number of hydrogen-bond donors (Lipinski definition) is 1. The standard InChI is InChI=1S/C14H10FIN2O4/c1-14(2)21-12(19)8(13(20)22-14)6-18-11-4-9(15)7(5-17)3-10(11)16/h3-4,6,18H,1-2H3. The summed E-state index contributed by atoms with van der Waals surface area (Å²) in [6.07, 6.45) is 1.09. The molecule has 114 valence electrons. The molecule has 1 aliphatic rings. The number of cyclic esters (lactones) is 2. The maximum absolute atomic E-state index is 13.6. The van der Waals surface area contributed by atoms with Crippen molar-refractivity contribution in [1.82, 2.24) is 0 Å². The van der Waals surface area contributed by atoms with Crippen molar-refractivity contribution in [1.29, 1.82) is 5.26 Å². The number of halogens is 2. The highest BCUT2D eigenvalue weighted by atomic mass is 127. The molecule has 1 saturated heterocycles. The maximum atomic E-state index is 13.6. The maximum Gasteiger partial charge on any atom is 0.350 e. The largest absolute Gasteiger partial charge is 0.419 e. The number of rotatable bonds is 2. The number of hydrogen-bond acceptors (Lipinski definition) is 6. The van der Waals surface area contributed by atoms with Crippen LogP contribution in [-0.4, -0.2) is 17.7 Å². The Morgan fingerprint density at radius 2 is 1.91 bits per heavy atom.